The summed E-state index contributed by atoms with van der Waals surface area (Å²) in [5.41, 5.74) is 4.81. The van der Waals surface area contributed by atoms with Crippen molar-refractivity contribution in [3.8, 4) is 11.3 Å². The van der Waals surface area contributed by atoms with Crippen LogP contribution in [0.5, 0.6) is 0 Å². The van der Waals surface area contributed by atoms with Crippen molar-refractivity contribution in [1.29, 1.82) is 0 Å². The number of aromatic nitrogens is 2. The van der Waals surface area contributed by atoms with Crippen molar-refractivity contribution >= 4 is 29.0 Å². The van der Waals surface area contributed by atoms with Crippen molar-refractivity contribution < 1.29 is 14.3 Å². The molecule has 3 aromatic carbocycles. The fraction of sp³-hybridized carbons (Fsp3) is 0.314. The fourth-order valence-corrected chi connectivity index (χ4v) is 5.96. The second-order valence-corrected chi connectivity index (χ2v) is 11.8. The lowest BCUT2D eigenvalue weighted by molar-refractivity contribution is 0.0296. The fourth-order valence-electron chi connectivity index (χ4n) is 5.96. The second-order valence-electron chi connectivity index (χ2n) is 11.8. The number of morpholine rings is 1. The molecule has 4 aromatic rings. The molecule has 0 spiro atoms. The van der Waals surface area contributed by atoms with Crippen molar-refractivity contribution in [2.75, 3.05) is 36.9 Å². The molecule has 2 amide bonds. The van der Waals surface area contributed by atoms with Crippen molar-refractivity contribution in [2.45, 2.75) is 38.5 Å². The van der Waals surface area contributed by atoms with Gasteiger partial charge in [-0.1, -0.05) is 55.8 Å². The number of ether oxygens (including phenoxy) is 1. The molecule has 1 aromatic heterocycles. The van der Waals surface area contributed by atoms with E-state index in [0.717, 1.165) is 5.56 Å². The Hall–Kier alpha value is -4.76. The molecule has 1 aliphatic carbocycles. The number of nitrogens with zero attached hydrogens (tertiary/aromatic N) is 3. The van der Waals surface area contributed by atoms with Gasteiger partial charge in [0.05, 0.1) is 13.2 Å². The summed E-state index contributed by atoms with van der Waals surface area (Å²) in [5.74, 6) is -0.419. The first-order valence-electron chi connectivity index (χ1n) is 15.1. The molecule has 0 atom stereocenters. The monoisotopic (exact) mass is 591 g/mol. The standard InChI is InChI=1S/C35H37N5O4/c1-23-27(11-7-12-28(23)37-32(41)24-13-15-25(16-14-24)35(2)17-8-18-35)29-30(33(42)40-19-21-44-22-20-40)39(3)34(43)31(38-29)36-26-9-5-4-6-10-26/h4-7,9-16H,8,17-22H2,1-3H3,(H,36,38)(H,37,41). The summed E-state index contributed by atoms with van der Waals surface area (Å²) in [4.78, 5) is 47.2. The van der Waals surface area contributed by atoms with Crippen LogP contribution in [-0.4, -0.2) is 52.6 Å². The zero-order chi connectivity index (χ0) is 30.8. The molecule has 0 radical (unpaired) electrons. The number of benzene rings is 3. The highest BCUT2D eigenvalue weighted by Gasteiger charge is 2.33. The van der Waals surface area contributed by atoms with E-state index in [1.165, 1.54) is 29.4 Å². The summed E-state index contributed by atoms with van der Waals surface area (Å²) in [7, 11) is 1.59. The number of hydrogen-bond donors (Lipinski definition) is 2. The van der Waals surface area contributed by atoms with Gasteiger partial charge in [0.25, 0.3) is 17.4 Å². The van der Waals surface area contributed by atoms with Crippen LogP contribution in [0.25, 0.3) is 11.3 Å². The summed E-state index contributed by atoms with van der Waals surface area (Å²) in [6.07, 6.45) is 3.58. The first kappa shape index (κ1) is 29.3. The molecule has 9 heteroatoms. The third-order valence-corrected chi connectivity index (χ3v) is 8.97. The molecule has 2 heterocycles. The highest BCUT2D eigenvalue weighted by atomic mass is 16.5. The number of anilines is 3. The molecule has 2 N–H and O–H groups in total. The molecule has 9 nitrogen and oxygen atoms in total. The van der Waals surface area contributed by atoms with Crippen LogP contribution < -0.4 is 16.2 Å². The van der Waals surface area contributed by atoms with Gasteiger partial charge in [0, 0.05) is 42.6 Å². The Labute approximate surface area is 256 Å². The highest BCUT2D eigenvalue weighted by Crippen LogP contribution is 2.43. The van der Waals surface area contributed by atoms with Crippen molar-refractivity contribution in [3.63, 3.8) is 0 Å². The number of hydrogen-bond acceptors (Lipinski definition) is 6. The molecule has 1 saturated carbocycles. The molecule has 1 aliphatic heterocycles. The largest absolute Gasteiger partial charge is 0.378 e. The smallest absolute Gasteiger partial charge is 0.294 e. The van der Waals surface area contributed by atoms with Crippen molar-refractivity contribution in [3.05, 3.63) is 106 Å². The number of nitrogens with one attached hydrogen (secondary N) is 2. The van der Waals surface area contributed by atoms with Crippen LogP contribution in [0.3, 0.4) is 0 Å². The number of carbonyl (C=O) groups is 2. The van der Waals surface area contributed by atoms with Crippen molar-refractivity contribution in [2.24, 2.45) is 7.05 Å². The minimum Gasteiger partial charge on any atom is -0.378 e. The van der Waals surface area contributed by atoms with Crippen LogP contribution in [0.2, 0.25) is 0 Å². The molecule has 2 aliphatic rings. The molecular weight excluding hydrogens is 554 g/mol. The zero-order valence-corrected chi connectivity index (χ0v) is 25.4. The second kappa shape index (κ2) is 12.1. The Morgan fingerprint density at radius 1 is 0.932 bits per heavy atom. The average molecular weight is 592 g/mol. The summed E-state index contributed by atoms with van der Waals surface area (Å²) in [6, 6.07) is 22.7. The van der Waals surface area contributed by atoms with Crippen LogP contribution >= 0.6 is 0 Å². The van der Waals surface area contributed by atoms with Gasteiger partial charge in [-0.2, -0.15) is 0 Å². The molecule has 0 unspecified atom stereocenters. The van der Waals surface area contributed by atoms with E-state index in [2.05, 4.69) is 29.7 Å². The van der Waals surface area contributed by atoms with Crippen molar-refractivity contribution in [1.82, 2.24) is 14.5 Å². The summed E-state index contributed by atoms with van der Waals surface area (Å²) < 4.78 is 6.81. The van der Waals surface area contributed by atoms with Gasteiger partial charge < -0.3 is 24.8 Å². The lowest BCUT2D eigenvalue weighted by atomic mass is 9.66. The maximum atomic E-state index is 13.9. The van der Waals surface area contributed by atoms with E-state index >= 15 is 0 Å². The van der Waals surface area contributed by atoms with Gasteiger partial charge in [-0.25, -0.2) is 4.98 Å². The molecule has 6 rings (SSSR count). The van der Waals surface area contributed by atoms with Crippen LogP contribution in [0.1, 0.15) is 58.2 Å². The maximum Gasteiger partial charge on any atom is 0.294 e. The van der Waals surface area contributed by atoms with Crippen LogP contribution in [0, 0.1) is 6.92 Å². The maximum absolute atomic E-state index is 13.9. The Morgan fingerprint density at radius 3 is 2.30 bits per heavy atom. The van der Waals surface area contributed by atoms with E-state index in [1.54, 1.807) is 11.9 Å². The average Bonchev–Trinajstić information content (AvgIpc) is 3.04. The minimum absolute atomic E-state index is 0.0984. The van der Waals surface area contributed by atoms with Gasteiger partial charge in [-0.05, 0) is 66.6 Å². The van der Waals surface area contributed by atoms with Crippen LogP contribution in [0.4, 0.5) is 17.2 Å². The molecule has 2 fully saturated rings. The van der Waals surface area contributed by atoms with E-state index in [1.807, 2.05) is 67.6 Å². The highest BCUT2D eigenvalue weighted by molar-refractivity contribution is 6.05. The molecule has 0 bridgehead atoms. The zero-order valence-electron chi connectivity index (χ0n) is 25.4. The van der Waals surface area contributed by atoms with Gasteiger partial charge in [-0.3, -0.25) is 14.4 Å². The predicted octanol–water partition coefficient (Wildman–Crippen LogP) is 5.67. The SMILES string of the molecule is Cc1c(NC(=O)c2ccc(C3(C)CCC3)cc2)cccc1-c1nc(Nc2ccccc2)c(=O)n(C)c1C(=O)N1CCOCC1. The molecule has 226 valence electrons. The number of amides is 2. The minimum atomic E-state index is -0.421. The van der Waals surface area contributed by atoms with Crippen LogP contribution in [0.15, 0.2) is 77.6 Å². The van der Waals surface area contributed by atoms with E-state index < -0.39 is 5.56 Å². The number of carbonyl (C=O) groups excluding carboxylic acids is 2. The Morgan fingerprint density at radius 2 is 1.64 bits per heavy atom. The lowest BCUT2D eigenvalue weighted by Gasteiger charge is -2.39. The summed E-state index contributed by atoms with van der Waals surface area (Å²) in [6.45, 7) is 5.85. The Balaban J connectivity index is 1.38. The molecule has 44 heavy (non-hydrogen) atoms. The molecular formula is C35H37N5O4. The van der Waals surface area contributed by atoms with Gasteiger partial charge in [0.2, 0.25) is 0 Å². The lowest BCUT2D eigenvalue weighted by Crippen LogP contribution is -2.43. The Kier molecular flexibility index (Phi) is 8.05. The van der Waals surface area contributed by atoms with Gasteiger partial charge >= 0.3 is 0 Å². The number of para-hydroxylation sites is 1. The molecule has 1 saturated heterocycles. The van der Waals surface area contributed by atoms with Crippen LogP contribution in [-0.2, 0) is 17.2 Å². The third kappa shape index (κ3) is 5.63. The number of rotatable bonds is 7. The normalized spacial score (nSPS) is 15.8. The quantitative estimate of drug-likeness (QED) is 0.287. The van der Waals surface area contributed by atoms with E-state index in [9.17, 15) is 14.4 Å². The van der Waals surface area contributed by atoms with Gasteiger partial charge in [0.15, 0.2) is 5.82 Å². The van der Waals surface area contributed by atoms with Gasteiger partial charge in [-0.15, -0.1) is 0 Å². The summed E-state index contributed by atoms with van der Waals surface area (Å²) in [5, 5.41) is 6.17. The summed E-state index contributed by atoms with van der Waals surface area (Å²) >= 11 is 0. The first-order valence-corrected chi connectivity index (χ1v) is 15.1. The topological polar surface area (TPSA) is 106 Å². The van der Waals surface area contributed by atoms with E-state index in [0.29, 0.717) is 54.5 Å². The Bertz CT molecular complexity index is 1750. The first-order chi connectivity index (χ1) is 21.2. The van der Waals surface area contributed by atoms with E-state index in [4.69, 9.17) is 9.72 Å². The predicted molar refractivity (Wildman–Crippen MR) is 172 cm³/mol. The van der Waals surface area contributed by atoms with E-state index in [-0.39, 0.29) is 28.7 Å². The van der Waals surface area contributed by atoms with Gasteiger partial charge in [0.1, 0.15) is 11.4 Å². The third-order valence-electron chi connectivity index (χ3n) is 8.97.